The van der Waals surface area contributed by atoms with E-state index < -0.39 is 11.8 Å². The fourth-order valence-corrected chi connectivity index (χ4v) is 2.07. The molecular weight excluding hydrogens is 288 g/mol. The molecule has 2 aromatic rings. The van der Waals surface area contributed by atoms with E-state index in [1.807, 2.05) is 42.5 Å². The Kier molecular flexibility index (Phi) is 5.52. The number of hydrogen-bond acceptors (Lipinski definition) is 3. The molecule has 0 heterocycles. The highest BCUT2D eigenvalue weighted by Gasteiger charge is 2.15. The van der Waals surface area contributed by atoms with Gasteiger partial charge < -0.3 is 4.74 Å². The average Bonchev–Trinajstić information content (AvgIpc) is 2.51. The van der Waals surface area contributed by atoms with Crippen molar-refractivity contribution in [3.8, 4) is 0 Å². The number of carbonyl (C=O) groups excluding carboxylic acids is 2. The van der Waals surface area contributed by atoms with Gasteiger partial charge in [0.15, 0.2) is 0 Å². The van der Waals surface area contributed by atoms with Crippen molar-refractivity contribution >= 4 is 23.4 Å². The van der Waals surface area contributed by atoms with Gasteiger partial charge in [-0.3, -0.25) is 4.79 Å². The minimum absolute atomic E-state index is 0.114. The Balaban J connectivity index is 1.79. The molecule has 0 bridgehead atoms. The number of rotatable bonds is 6. The Bertz CT molecular complexity index is 623. The molecule has 2 rings (SSSR count). The number of carbonyl (C=O) groups is 2. The first-order valence-electron chi connectivity index (χ1n) is 6.63. The van der Waals surface area contributed by atoms with Gasteiger partial charge in [0, 0.05) is 11.4 Å². The van der Waals surface area contributed by atoms with Crippen molar-refractivity contribution in [3.63, 3.8) is 0 Å². The Hall–Kier alpha value is -2.13. The van der Waals surface area contributed by atoms with Crippen molar-refractivity contribution in [3.05, 3.63) is 70.7 Å². The van der Waals surface area contributed by atoms with E-state index in [1.54, 1.807) is 12.1 Å². The maximum absolute atomic E-state index is 11.7. The lowest BCUT2D eigenvalue weighted by Crippen LogP contribution is -2.17. The van der Waals surface area contributed by atoms with Crippen LogP contribution in [-0.4, -0.2) is 11.8 Å². The van der Waals surface area contributed by atoms with Gasteiger partial charge in [-0.1, -0.05) is 54.1 Å². The predicted octanol–water partition coefficient (Wildman–Crippen LogP) is 3.59. The molecule has 0 aliphatic carbocycles. The number of ether oxygens (including phenoxy) is 1. The van der Waals surface area contributed by atoms with Gasteiger partial charge in [-0.15, -0.1) is 0 Å². The molecule has 0 fully saturated rings. The Morgan fingerprint density at radius 2 is 1.67 bits per heavy atom. The number of benzene rings is 2. The van der Waals surface area contributed by atoms with Crippen LogP contribution in [0.1, 0.15) is 17.5 Å². The third-order valence-electron chi connectivity index (χ3n) is 2.97. The molecule has 0 N–H and O–H groups in total. The van der Waals surface area contributed by atoms with Crippen LogP contribution in [0.4, 0.5) is 0 Å². The van der Waals surface area contributed by atoms with E-state index in [4.69, 9.17) is 16.3 Å². The van der Waals surface area contributed by atoms with Crippen LogP contribution in [0.5, 0.6) is 0 Å². The molecule has 21 heavy (non-hydrogen) atoms. The summed E-state index contributed by atoms with van der Waals surface area (Å²) in [7, 11) is 0. The highest BCUT2D eigenvalue weighted by Crippen LogP contribution is 2.12. The summed E-state index contributed by atoms with van der Waals surface area (Å²) in [4.78, 5) is 23.3. The van der Waals surface area contributed by atoms with E-state index in [2.05, 4.69) is 0 Å². The first-order valence-corrected chi connectivity index (χ1v) is 7.01. The molecule has 0 aliphatic rings. The van der Waals surface area contributed by atoms with E-state index in [0.29, 0.717) is 11.4 Å². The Morgan fingerprint density at radius 3 is 2.38 bits per heavy atom. The van der Waals surface area contributed by atoms with Gasteiger partial charge in [0.2, 0.25) is 5.78 Å². The third kappa shape index (κ3) is 5.04. The Morgan fingerprint density at radius 1 is 0.952 bits per heavy atom. The van der Waals surface area contributed by atoms with E-state index in [1.165, 1.54) is 0 Å². The van der Waals surface area contributed by atoms with Crippen LogP contribution >= 0.6 is 11.6 Å². The monoisotopic (exact) mass is 302 g/mol. The molecule has 3 nitrogen and oxygen atoms in total. The topological polar surface area (TPSA) is 43.4 Å². The first kappa shape index (κ1) is 15.3. The smallest absolute Gasteiger partial charge is 0.374 e. The molecule has 0 amide bonds. The second-order valence-corrected chi connectivity index (χ2v) is 5.05. The quantitative estimate of drug-likeness (QED) is 0.605. The molecule has 0 saturated carbocycles. The fraction of sp³-hybridized carbons (Fsp3) is 0.176. The van der Waals surface area contributed by atoms with Gasteiger partial charge in [-0.25, -0.2) is 4.79 Å². The maximum Gasteiger partial charge on any atom is 0.374 e. The van der Waals surface area contributed by atoms with Gasteiger partial charge in [-0.05, 0) is 29.7 Å². The van der Waals surface area contributed by atoms with Crippen LogP contribution in [-0.2, 0) is 27.4 Å². The molecule has 4 heteroatoms. The second-order valence-electron chi connectivity index (χ2n) is 4.61. The summed E-state index contributed by atoms with van der Waals surface area (Å²) in [6.07, 6.45) is 0.591. The molecule has 0 unspecified atom stereocenters. The highest BCUT2D eigenvalue weighted by atomic mass is 35.5. The molecule has 0 aromatic heterocycles. The molecule has 0 aliphatic heterocycles. The molecule has 2 aromatic carbocycles. The van der Waals surface area contributed by atoms with Crippen LogP contribution in [0.15, 0.2) is 54.6 Å². The van der Waals surface area contributed by atoms with Gasteiger partial charge in [-0.2, -0.15) is 0 Å². The van der Waals surface area contributed by atoms with Crippen molar-refractivity contribution in [2.45, 2.75) is 19.4 Å². The lowest BCUT2D eigenvalue weighted by atomic mass is 10.1. The zero-order valence-corrected chi connectivity index (χ0v) is 12.2. The summed E-state index contributed by atoms with van der Waals surface area (Å²) in [6.45, 7) is 0.114. The fourth-order valence-electron chi connectivity index (χ4n) is 1.86. The number of halogens is 1. The molecule has 0 radical (unpaired) electrons. The predicted molar refractivity (Wildman–Crippen MR) is 81.0 cm³/mol. The average molecular weight is 303 g/mol. The summed E-state index contributed by atoms with van der Waals surface area (Å²) in [5.74, 6) is -1.31. The summed E-state index contributed by atoms with van der Waals surface area (Å²) >= 11 is 5.86. The van der Waals surface area contributed by atoms with E-state index >= 15 is 0 Å². The lowest BCUT2D eigenvalue weighted by molar-refractivity contribution is -0.154. The van der Waals surface area contributed by atoms with Crippen LogP contribution in [0.2, 0.25) is 5.02 Å². The van der Waals surface area contributed by atoms with Gasteiger partial charge >= 0.3 is 5.97 Å². The van der Waals surface area contributed by atoms with Crippen LogP contribution < -0.4 is 0 Å². The first-order chi connectivity index (χ1) is 10.1. The van der Waals surface area contributed by atoms with Crippen molar-refractivity contribution in [2.24, 2.45) is 0 Å². The normalized spacial score (nSPS) is 10.1. The standard InChI is InChI=1S/C17H15ClO3/c18-15-8-4-7-13(11-15)9-10-16(19)17(20)21-12-14-5-2-1-3-6-14/h1-8,11H,9-10,12H2. The minimum Gasteiger partial charge on any atom is -0.455 e. The highest BCUT2D eigenvalue weighted by molar-refractivity contribution is 6.33. The Labute approximate surface area is 128 Å². The maximum atomic E-state index is 11.7. The van der Waals surface area contributed by atoms with E-state index in [9.17, 15) is 9.59 Å². The molecule has 0 saturated heterocycles. The summed E-state index contributed by atoms with van der Waals surface area (Å²) in [6, 6.07) is 16.5. The summed E-state index contributed by atoms with van der Waals surface area (Å²) in [5, 5.41) is 0.617. The molecule has 0 spiro atoms. The van der Waals surface area contributed by atoms with E-state index in [0.717, 1.165) is 11.1 Å². The summed E-state index contributed by atoms with van der Waals surface area (Å²) < 4.78 is 4.99. The summed E-state index contributed by atoms with van der Waals surface area (Å²) in [5.41, 5.74) is 1.78. The lowest BCUT2D eigenvalue weighted by Gasteiger charge is -2.04. The van der Waals surface area contributed by atoms with Crippen molar-refractivity contribution in [2.75, 3.05) is 0 Å². The van der Waals surface area contributed by atoms with Crippen molar-refractivity contribution < 1.29 is 14.3 Å². The second kappa shape index (κ2) is 7.60. The van der Waals surface area contributed by atoms with Gasteiger partial charge in [0.05, 0.1) is 0 Å². The molecule has 108 valence electrons. The number of aryl methyl sites for hydroxylation is 1. The number of hydrogen-bond donors (Lipinski definition) is 0. The molecule has 0 atom stereocenters. The van der Waals surface area contributed by atoms with E-state index in [-0.39, 0.29) is 13.0 Å². The largest absolute Gasteiger partial charge is 0.455 e. The minimum atomic E-state index is -0.791. The van der Waals surface area contributed by atoms with Crippen LogP contribution in [0.25, 0.3) is 0 Å². The SMILES string of the molecule is O=C(CCc1cccc(Cl)c1)C(=O)OCc1ccccc1. The van der Waals surface area contributed by atoms with Crippen LogP contribution in [0.3, 0.4) is 0 Å². The molecular formula is C17H15ClO3. The third-order valence-corrected chi connectivity index (χ3v) is 3.21. The van der Waals surface area contributed by atoms with Gasteiger partial charge in [0.1, 0.15) is 6.61 Å². The number of esters is 1. The zero-order chi connectivity index (χ0) is 15.1. The number of ketones is 1. The van der Waals surface area contributed by atoms with Gasteiger partial charge in [0.25, 0.3) is 0 Å². The van der Waals surface area contributed by atoms with Crippen molar-refractivity contribution in [1.29, 1.82) is 0 Å². The van der Waals surface area contributed by atoms with Crippen LogP contribution in [0, 0.1) is 0 Å². The van der Waals surface area contributed by atoms with Crippen molar-refractivity contribution in [1.82, 2.24) is 0 Å². The number of Topliss-reactive ketones (excluding diaryl/α,β-unsaturated/α-hetero) is 1. The zero-order valence-electron chi connectivity index (χ0n) is 11.4.